The maximum absolute atomic E-state index is 15.1. The number of anilines is 1. The lowest BCUT2D eigenvalue weighted by molar-refractivity contribution is -0.144. The van der Waals surface area contributed by atoms with Crippen LogP contribution in [-0.2, 0) is 40.7 Å². The van der Waals surface area contributed by atoms with Crippen LogP contribution in [0.5, 0.6) is 0 Å². The molecule has 412 valence electrons. The monoisotopic (exact) mass is 1090 g/mol. The molecule has 4 atom stereocenters. The number of primary amides is 1. The van der Waals surface area contributed by atoms with Crippen LogP contribution in [0, 0.1) is 5.92 Å². The topological polar surface area (TPSA) is 280 Å². The molecule has 0 spiro atoms. The quantitative estimate of drug-likeness (QED) is 0.0561. The van der Waals surface area contributed by atoms with E-state index in [1.165, 1.54) is 17.0 Å². The van der Waals surface area contributed by atoms with Crippen molar-refractivity contribution in [1.29, 1.82) is 0 Å². The van der Waals surface area contributed by atoms with Crippen molar-refractivity contribution in [3.05, 3.63) is 137 Å². The van der Waals surface area contributed by atoms with Crippen LogP contribution in [0.2, 0.25) is 0 Å². The molecule has 0 bridgehead atoms. The van der Waals surface area contributed by atoms with E-state index < -0.39 is 84.6 Å². The first kappa shape index (κ1) is 55.4. The van der Waals surface area contributed by atoms with Crippen molar-refractivity contribution in [2.45, 2.75) is 93.8 Å². The minimum absolute atomic E-state index is 0.0493. The third-order valence-electron chi connectivity index (χ3n) is 15.2. The van der Waals surface area contributed by atoms with Gasteiger partial charge in [0.15, 0.2) is 0 Å². The number of carbonyl (C=O) groups excluding carboxylic acids is 7. The van der Waals surface area contributed by atoms with Gasteiger partial charge in [-0.1, -0.05) is 78.9 Å². The van der Waals surface area contributed by atoms with Gasteiger partial charge in [0, 0.05) is 73.8 Å². The second kappa shape index (κ2) is 23.7. The van der Waals surface area contributed by atoms with E-state index in [0.29, 0.717) is 44.7 Å². The Morgan fingerprint density at radius 1 is 0.795 bits per heavy atom. The average molecular weight is 1090 g/mol. The second-order valence-corrected chi connectivity index (χ2v) is 22.3. The summed E-state index contributed by atoms with van der Waals surface area (Å²) in [5.41, 5.74) is 3.48. The number of rotatable bonds is 18. The molecule has 0 radical (unpaired) electrons. The lowest BCUT2D eigenvalue weighted by atomic mass is 9.95. The van der Waals surface area contributed by atoms with Gasteiger partial charge in [-0.2, -0.15) is 8.78 Å². The summed E-state index contributed by atoms with van der Waals surface area (Å²) in [5, 5.41) is 11.2. The predicted octanol–water partition coefficient (Wildman–Crippen LogP) is 4.57. The van der Waals surface area contributed by atoms with Crippen LogP contribution in [-0.4, -0.2) is 134 Å². The minimum Gasteiger partial charge on any atom is -0.370 e. The number of aromatic nitrogens is 1. The van der Waals surface area contributed by atoms with Crippen molar-refractivity contribution in [3.8, 4) is 0 Å². The molecule has 9 N–H and O–H groups in total. The summed E-state index contributed by atoms with van der Waals surface area (Å²) in [5.74, 6) is -3.29. The van der Waals surface area contributed by atoms with Crippen LogP contribution >= 0.6 is 7.60 Å². The molecule has 5 aromatic rings. The van der Waals surface area contributed by atoms with Gasteiger partial charge in [0.1, 0.15) is 23.8 Å². The first-order valence-electron chi connectivity index (χ1n) is 26.1. The maximum atomic E-state index is 15.1. The summed E-state index contributed by atoms with van der Waals surface area (Å²) >= 11 is 0. The van der Waals surface area contributed by atoms with E-state index >= 15 is 4.79 Å². The smallest absolute Gasteiger partial charge is 0.370 e. The predicted molar refractivity (Wildman–Crippen MR) is 283 cm³/mol. The molecule has 1 aromatic heterocycles. The summed E-state index contributed by atoms with van der Waals surface area (Å²) in [6.45, 7) is 3.63. The molecule has 5 heterocycles. The fourth-order valence-corrected chi connectivity index (χ4v) is 11.6. The molecule has 0 unspecified atom stereocenters. The third-order valence-corrected chi connectivity index (χ3v) is 16.2. The number of hydrogen-bond donors (Lipinski definition) is 8. The Morgan fingerprint density at radius 2 is 1.49 bits per heavy atom. The molecular formula is C55H63F2N10O10P. The van der Waals surface area contributed by atoms with Crippen molar-refractivity contribution < 1.29 is 56.7 Å². The van der Waals surface area contributed by atoms with E-state index in [4.69, 9.17) is 5.73 Å². The summed E-state index contributed by atoms with van der Waals surface area (Å²) < 4.78 is 41.2. The summed E-state index contributed by atoms with van der Waals surface area (Å²) in [6.07, 6.45) is 2.70. The Labute approximate surface area is 448 Å². The number of benzene rings is 4. The zero-order valence-electron chi connectivity index (χ0n) is 42.7. The number of urea groups is 1. The second-order valence-electron chi connectivity index (χ2n) is 20.6. The molecule has 78 heavy (non-hydrogen) atoms. The van der Waals surface area contributed by atoms with Crippen molar-refractivity contribution in [1.82, 2.24) is 41.0 Å². The Bertz CT molecular complexity index is 3060. The molecule has 4 fully saturated rings. The molecule has 4 saturated heterocycles. The van der Waals surface area contributed by atoms with Crippen LogP contribution in [0.1, 0.15) is 90.2 Å². The number of imide groups is 1. The zero-order valence-corrected chi connectivity index (χ0v) is 43.6. The summed E-state index contributed by atoms with van der Waals surface area (Å²) in [7, 11) is -5.90. The number of piperidine rings is 1. The van der Waals surface area contributed by atoms with Crippen molar-refractivity contribution in [3.63, 3.8) is 0 Å². The fraction of sp³-hybridized carbons (Fsp3) is 0.400. The lowest BCUT2D eigenvalue weighted by Gasteiger charge is -2.41. The van der Waals surface area contributed by atoms with Crippen LogP contribution in [0.15, 0.2) is 109 Å². The highest BCUT2D eigenvalue weighted by Gasteiger charge is 2.51. The third kappa shape index (κ3) is 12.8. The number of amides is 8. The number of fused-ring (bicyclic) bond motifs is 2. The molecule has 4 aliphatic rings. The van der Waals surface area contributed by atoms with Gasteiger partial charge in [-0.3, -0.25) is 48.4 Å². The number of hydrogen-bond acceptors (Lipinski definition) is 10. The number of nitrogens with one attached hydrogen (secondary N) is 5. The molecule has 8 amide bonds. The maximum Gasteiger partial charge on any atom is 0.399 e. The highest BCUT2D eigenvalue weighted by atomic mass is 31.2. The van der Waals surface area contributed by atoms with Gasteiger partial charge in [0.05, 0.1) is 6.04 Å². The average Bonchev–Trinajstić information content (AvgIpc) is 4.06. The van der Waals surface area contributed by atoms with Crippen LogP contribution in [0.4, 0.5) is 19.3 Å². The standard InChI is InChI=1S/C55H63F2N10O10P/c56-55(57,78(75,76)77)39-14-16-42-38(29-39)30-44(59-42)51(71)61-45-33-65(31-34-20-24-64(25-21-34)32-35-8-7-13-41(28-35)66-27-23-48(69)62-54(66)74)26-22-40-15-18-46(67(40)53(45)73)52(72)60-43(17-19-47(58)68)50(70)63-49(36-9-3-1-4-10-36)37-11-5-2-6-12-37/h1-14,16,28-30,34,40,43,45-46,49,59H,15,17-27,31-33H2,(H2,58,68)(H,60,72)(H,61,71)(H,63,70)(H,62,69,74)(H2,75,76,77)/t40-,43+,45+,46+/m1/s1. The van der Waals surface area contributed by atoms with Gasteiger partial charge in [-0.05, 0) is 105 Å². The number of alkyl halides is 2. The van der Waals surface area contributed by atoms with E-state index in [1.54, 1.807) is 4.90 Å². The largest absolute Gasteiger partial charge is 0.399 e. The number of carbonyl (C=O) groups is 7. The summed E-state index contributed by atoms with van der Waals surface area (Å²) in [4.78, 5) is 124. The van der Waals surface area contributed by atoms with E-state index in [-0.39, 0.29) is 60.6 Å². The molecule has 0 saturated carbocycles. The Morgan fingerprint density at radius 3 is 2.15 bits per heavy atom. The fourth-order valence-electron chi connectivity index (χ4n) is 11.1. The van der Waals surface area contributed by atoms with Gasteiger partial charge >= 0.3 is 19.3 Å². The van der Waals surface area contributed by atoms with Gasteiger partial charge in [0.25, 0.3) is 5.91 Å². The van der Waals surface area contributed by atoms with Gasteiger partial charge < -0.3 is 46.3 Å². The van der Waals surface area contributed by atoms with Gasteiger partial charge in [0.2, 0.25) is 29.5 Å². The molecule has 23 heteroatoms. The summed E-state index contributed by atoms with van der Waals surface area (Å²) in [6, 6.07) is 25.3. The van der Waals surface area contributed by atoms with Gasteiger partial charge in [-0.25, -0.2) is 4.79 Å². The van der Waals surface area contributed by atoms with Crippen LogP contribution in [0.25, 0.3) is 10.9 Å². The molecule has 9 rings (SSSR count). The van der Waals surface area contributed by atoms with Crippen molar-refractivity contribution >= 4 is 65.7 Å². The Kier molecular flexibility index (Phi) is 16.8. The highest BCUT2D eigenvalue weighted by molar-refractivity contribution is 7.52. The van der Waals surface area contributed by atoms with Crippen LogP contribution in [0.3, 0.4) is 0 Å². The number of H-pyrrole nitrogens is 1. The molecular weight excluding hydrogens is 1030 g/mol. The molecule has 4 aliphatic heterocycles. The highest BCUT2D eigenvalue weighted by Crippen LogP contribution is 2.59. The molecule has 4 aromatic carbocycles. The SMILES string of the molecule is NC(=O)CC[C@H](NC(=O)[C@@H]1CC[C@@H]2CCN(CC3CCN(Cc4cccc(N5CCC(=O)NC5=O)c4)CC3)C[C@H](NC(=O)c3cc4cc(C(F)(F)P(=O)(O)O)ccc4[nH]3)C(=O)N21)C(=O)NC(c1ccccc1)c1ccccc1. The van der Waals surface area contributed by atoms with Gasteiger partial charge in [-0.15, -0.1) is 0 Å². The molecule has 20 nitrogen and oxygen atoms in total. The first-order chi connectivity index (χ1) is 37.3. The van der Waals surface area contributed by atoms with E-state index in [0.717, 1.165) is 54.8 Å². The van der Waals surface area contributed by atoms with Crippen LogP contribution < -0.4 is 31.9 Å². The van der Waals surface area contributed by atoms with Crippen molar-refractivity contribution in [2.75, 3.05) is 44.2 Å². The number of halogens is 2. The molecule has 0 aliphatic carbocycles. The number of likely N-dealkylation sites (tertiary alicyclic amines) is 1. The lowest BCUT2D eigenvalue weighted by Crippen LogP contribution is -2.61. The number of nitrogens with two attached hydrogens (primary N) is 1. The zero-order chi connectivity index (χ0) is 55.3. The normalized spacial score (nSPS) is 20.4. The number of aromatic amines is 1. The number of nitrogens with zero attached hydrogens (tertiary/aromatic N) is 4. The Balaban J connectivity index is 0.919. The van der Waals surface area contributed by atoms with E-state index in [1.807, 2.05) is 84.9 Å². The minimum atomic E-state index is -5.90. The first-order valence-corrected chi connectivity index (χ1v) is 27.8. The van der Waals surface area contributed by atoms with E-state index in [9.17, 15) is 51.9 Å². The van der Waals surface area contributed by atoms with E-state index in [2.05, 4.69) is 36.1 Å². The van der Waals surface area contributed by atoms with Crippen molar-refractivity contribution in [2.24, 2.45) is 11.7 Å². The Hall–Kier alpha value is -7.36.